The Hall–Kier alpha value is -4.48. The molecule has 0 saturated carbocycles. The topological polar surface area (TPSA) is 96.8 Å². The number of rotatable bonds is 7. The highest BCUT2D eigenvalue weighted by atomic mass is 32.1. The van der Waals surface area contributed by atoms with Gasteiger partial charge in [0.2, 0.25) is 4.96 Å². The summed E-state index contributed by atoms with van der Waals surface area (Å²) in [5.41, 5.74) is 6.34. The Morgan fingerprint density at radius 1 is 0.921 bits per heavy atom. The van der Waals surface area contributed by atoms with Crippen LogP contribution in [0, 0.1) is 0 Å². The molecule has 0 radical (unpaired) electrons. The number of furan rings is 1. The summed E-state index contributed by atoms with van der Waals surface area (Å²) in [7, 11) is 3.21. The van der Waals surface area contributed by atoms with E-state index in [1.807, 2.05) is 42.6 Å². The highest BCUT2D eigenvalue weighted by Gasteiger charge is 2.17. The van der Waals surface area contributed by atoms with Gasteiger partial charge in [0.15, 0.2) is 5.76 Å². The van der Waals surface area contributed by atoms with Gasteiger partial charge in [-0.2, -0.15) is 8.75 Å². The predicted molar refractivity (Wildman–Crippen MR) is 146 cm³/mol. The van der Waals surface area contributed by atoms with Gasteiger partial charge in [0, 0.05) is 12.1 Å². The molecule has 4 aromatic heterocycles. The first-order valence-corrected chi connectivity index (χ1v) is 13.2. The molecule has 0 atom stereocenters. The molecule has 0 unspecified atom stereocenters. The maximum absolute atomic E-state index is 6.31. The van der Waals surface area contributed by atoms with Crippen LogP contribution in [0.5, 0.6) is 16.7 Å². The van der Waals surface area contributed by atoms with Crippen LogP contribution in [-0.2, 0) is 6.61 Å². The second-order valence-corrected chi connectivity index (χ2v) is 9.98. The molecule has 0 amide bonds. The van der Waals surface area contributed by atoms with Gasteiger partial charge in [-0.15, -0.1) is 5.10 Å². The standard InChI is InChI=1S/C27H19N5O4S2/c1-33-18-10-23(19-12-25(36-24(19)11-18)22-13-32-26(28-22)37-27(29-32)34-2)35-14-15-4-3-5-16(8-15)17-6-7-20-21(9-17)31-38-30-20/h3-13H,14H2,1-2H3. The molecule has 0 aliphatic carbocycles. The zero-order valence-corrected chi connectivity index (χ0v) is 21.9. The third-order valence-corrected chi connectivity index (χ3v) is 7.61. The average Bonchev–Trinajstić information content (AvgIpc) is 3.73. The predicted octanol–water partition coefficient (Wildman–Crippen LogP) is 6.47. The largest absolute Gasteiger partial charge is 0.496 e. The summed E-state index contributed by atoms with van der Waals surface area (Å²) in [6.07, 6.45) is 1.81. The fourth-order valence-electron chi connectivity index (χ4n) is 4.29. The highest BCUT2D eigenvalue weighted by molar-refractivity contribution is 7.18. The van der Waals surface area contributed by atoms with Gasteiger partial charge in [-0.25, -0.2) is 9.50 Å². The first-order valence-electron chi connectivity index (χ1n) is 11.6. The van der Waals surface area contributed by atoms with Crippen LogP contribution in [0.25, 0.3) is 49.5 Å². The van der Waals surface area contributed by atoms with Crippen molar-refractivity contribution < 1.29 is 18.6 Å². The fraction of sp³-hybridized carbons (Fsp3) is 0.111. The van der Waals surface area contributed by atoms with Crippen molar-refractivity contribution >= 4 is 50.0 Å². The molecule has 3 aromatic carbocycles. The number of fused-ring (bicyclic) bond motifs is 3. The van der Waals surface area contributed by atoms with Gasteiger partial charge in [-0.1, -0.05) is 24.3 Å². The maximum Gasteiger partial charge on any atom is 0.294 e. The lowest BCUT2D eigenvalue weighted by Gasteiger charge is -2.10. The molecule has 0 bridgehead atoms. The van der Waals surface area contributed by atoms with Crippen LogP contribution in [0.4, 0.5) is 0 Å². The third kappa shape index (κ3) is 4.01. The van der Waals surface area contributed by atoms with Gasteiger partial charge in [0.25, 0.3) is 5.19 Å². The Kier molecular flexibility index (Phi) is 5.45. The fourth-order valence-corrected chi connectivity index (χ4v) is 5.51. The molecule has 0 fully saturated rings. The second kappa shape index (κ2) is 9.12. The van der Waals surface area contributed by atoms with E-state index in [2.05, 4.69) is 43.1 Å². The van der Waals surface area contributed by atoms with Gasteiger partial charge < -0.3 is 18.6 Å². The molecule has 38 heavy (non-hydrogen) atoms. The van der Waals surface area contributed by atoms with Gasteiger partial charge >= 0.3 is 0 Å². The summed E-state index contributed by atoms with van der Waals surface area (Å²) >= 11 is 2.58. The number of methoxy groups -OCH3 is 2. The first-order chi connectivity index (χ1) is 18.7. The number of imidazole rings is 1. The van der Waals surface area contributed by atoms with Crippen LogP contribution in [0.15, 0.2) is 71.3 Å². The van der Waals surface area contributed by atoms with Crippen molar-refractivity contribution in [1.29, 1.82) is 0 Å². The van der Waals surface area contributed by atoms with Gasteiger partial charge in [0.05, 0.1) is 37.5 Å². The Bertz CT molecular complexity index is 1900. The van der Waals surface area contributed by atoms with E-state index in [-0.39, 0.29) is 0 Å². The third-order valence-electron chi connectivity index (χ3n) is 6.17. The Balaban J connectivity index is 1.19. The lowest BCUT2D eigenvalue weighted by molar-refractivity contribution is 0.307. The summed E-state index contributed by atoms with van der Waals surface area (Å²) in [6, 6.07) is 20.0. The molecular formula is C27H19N5O4S2. The molecule has 7 aromatic rings. The van der Waals surface area contributed by atoms with Gasteiger partial charge in [-0.05, 0) is 52.3 Å². The first kappa shape index (κ1) is 22.7. The summed E-state index contributed by atoms with van der Waals surface area (Å²) < 4.78 is 33.5. The molecule has 0 aliphatic rings. The van der Waals surface area contributed by atoms with Crippen LogP contribution in [0.3, 0.4) is 0 Å². The van der Waals surface area contributed by atoms with E-state index in [1.165, 1.54) is 23.1 Å². The number of hydrogen-bond donors (Lipinski definition) is 0. The van der Waals surface area contributed by atoms with Crippen molar-refractivity contribution in [2.45, 2.75) is 6.61 Å². The van der Waals surface area contributed by atoms with Crippen molar-refractivity contribution in [3.8, 4) is 39.3 Å². The lowest BCUT2D eigenvalue weighted by atomic mass is 10.0. The minimum absolute atomic E-state index is 0.376. The van der Waals surface area contributed by atoms with Crippen molar-refractivity contribution in [1.82, 2.24) is 23.3 Å². The molecule has 0 N–H and O–H groups in total. The average molecular weight is 542 g/mol. The van der Waals surface area contributed by atoms with Gasteiger partial charge in [-0.3, -0.25) is 0 Å². The molecule has 188 valence electrons. The molecule has 9 nitrogen and oxygen atoms in total. The zero-order valence-electron chi connectivity index (χ0n) is 20.2. The van der Waals surface area contributed by atoms with Crippen LogP contribution in [0.2, 0.25) is 0 Å². The molecule has 0 saturated heterocycles. The van der Waals surface area contributed by atoms with E-state index >= 15 is 0 Å². The number of aromatic nitrogens is 5. The van der Waals surface area contributed by atoms with Crippen molar-refractivity contribution in [3.63, 3.8) is 0 Å². The van der Waals surface area contributed by atoms with Crippen molar-refractivity contribution in [3.05, 3.63) is 72.4 Å². The zero-order chi connectivity index (χ0) is 25.6. The molecule has 4 heterocycles. The molecule has 7 rings (SSSR count). The molecule has 0 spiro atoms. The van der Waals surface area contributed by atoms with Crippen molar-refractivity contribution in [2.24, 2.45) is 0 Å². The Labute approximate surface area is 224 Å². The monoisotopic (exact) mass is 541 g/mol. The van der Waals surface area contributed by atoms with E-state index in [1.54, 1.807) is 18.7 Å². The summed E-state index contributed by atoms with van der Waals surface area (Å²) in [5, 5.41) is 5.72. The van der Waals surface area contributed by atoms with E-state index in [9.17, 15) is 0 Å². The number of hydrogen-bond acceptors (Lipinski definition) is 10. The van der Waals surface area contributed by atoms with E-state index < -0.39 is 0 Å². The molecule has 0 aliphatic heterocycles. The minimum Gasteiger partial charge on any atom is -0.496 e. The van der Waals surface area contributed by atoms with E-state index in [0.717, 1.165) is 38.1 Å². The summed E-state index contributed by atoms with van der Waals surface area (Å²) in [6.45, 7) is 0.376. The van der Waals surface area contributed by atoms with Gasteiger partial charge in [0.1, 0.15) is 40.4 Å². The van der Waals surface area contributed by atoms with Crippen LogP contribution in [0.1, 0.15) is 5.56 Å². The highest BCUT2D eigenvalue weighted by Crippen LogP contribution is 2.38. The molecular weight excluding hydrogens is 522 g/mol. The van der Waals surface area contributed by atoms with E-state index in [0.29, 0.717) is 40.3 Å². The summed E-state index contributed by atoms with van der Waals surface area (Å²) in [5.74, 6) is 1.92. The SMILES string of the molecule is COc1cc(OCc2cccc(-c3ccc4nsnc4c3)c2)c2cc(-c3cn4nc(OC)sc4n3)oc2c1. The number of benzene rings is 3. The smallest absolute Gasteiger partial charge is 0.294 e. The van der Waals surface area contributed by atoms with E-state index in [4.69, 9.17) is 18.6 Å². The van der Waals surface area contributed by atoms with Crippen LogP contribution < -0.4 is 14.2 Å². The van der Waals surface area contributed by atoms with Crippen molar-refractivity contribution in [2.75, 3.05) is 14.2 Å². The number of ether oxygens (including phenoxy) is 3. The maximum atomic E-state index is 6.31. The number of nitrogens with zero attached hydrogens (tertiary/aromatic N) is 5. The second-order valence-electron chi connectivity index (χ2n) is 8.53. The molecule has 11 heteroatoms. The Morgan fingerprint density at radius 3 is 2.68 bits per heavy atom. The van der Waals surface area contributed by atoms with Crippen LogP contribution in [-0.4, -0.2) is 37.6 Å². The summed E-state index contributed by atoms with van der Waals surface area (Å²) in [4.78, 5) is 5.35. The quantitative estimate of drug-likeness (QED) is 0.226. The lowest BCUT2D eigenvalue weighted by Crippen LogP contribution is -1.97. The normalized spacial score (nSPS) is 11.5. The minimum atomic E-state index is 0.376. The van der Waals surface area contributed by atoms with Crippen LogP contribution >= 0.6 is 23.1 Å². The Morgan fingerprint density at radius 2 is 1.82 bits per heavy atom.